The van der Waals surface area contributed by atoms with Crippen LogP contribution in [0.15, 0.2) is 24.5 Å². The third-order valence-corrected chi connectivity index (χ3v) is 7.37. The van der Waals surface area contributed by atoms with E-state index in [9.17, 15) is 14.0 Å². The largest absolute Gasteiger partial charge is 0.443 e. The number of hydrogen-bond donors (Lipinski definition) is 4. The number of H-pyrrole nitrogens is 1. The lowest BCUT2D eigenvalue weighted by molar-refractivity contribution is 0.0583. The van der Waals surface area contributed by atoms with Crippen LogP contribution in [0.1, 0.15) is 54.7 Å². The molecule has 4 N–H and O–H groups in total. The van der Waals surface area contributed by atoms with Crippen molar-refractivity contribution in [2.24, 2.45) is 0 Å². The van der Waals surface area contributed by atoms with Gasteiger partial charge in [0, 0.05) is 61.8 Å². The lowest BCUT2D eigenvalue weighted by Crippen LogP contribution is -2.46. The van der Waals surface area contributed by atoms with Crippen molar-refractivity contribution in [2.75, 3.05) is 31.5 Å². The molecule has 1 saturated heterocycles. The molecule has 4 heterocycles. The number of anilines is 2. The first-order valence-electron chi connectivity index (χ1n) is 12.7. The standard InChI is InChI=1S/C24H30FN9O3/c1-24(3-4-24)30-23(36)37-18-11-14(10-15(18)25)16-12-19(32-31-16)29-22-27-5-2-20-28-17(13-34(20)22)21(35)33-8-6-26-7-9-33/h2,5,12-15,18,26H,3-4,6-11H2,1H3,(H,30,36)(H2,27,29,31,32)/t14-,15+,18-/m0/s1. The van der Waals surface area contributed by atoms with E-state index < -0.39 is 18.4 Å². The van der Waals surface area contributed by atoms with Crippen LogP contribution in [0.25, 0.3) is 5.65 Å². The molecule has 3 aliphatic rings. The molecule has 6 rings (SSSR count). The van der Waals surface area contributed by atoms with Crippen LogP contribution in [-0.4, -0.2) is 85.5 Å². The average molecular weight is 512 g/mol. The second kappa shape index (κ2) is 9.29. The highest BCUT2D eigenvalue weighted by molar-refractivity contribution is 5.93. The number of nitrogens with zero attached hydrogens (tertiary/aromatic N) is 5. The number of amides is 2. The Labute approximate surface area is 212 Å². The van der Waals surface area contributed by atoms with Crippen LogP contribution < -0.4 is 16.0 Å². The first-order chi connectivity index (χ1) is 17.9. The Morgan fingerprint density at radius 2 is 2.05 bits per heavy atom. The molecule has 2 amide bonds. The highest BCUT2D eigenvalue weighted by atomic mass is 19.1. The highest BCUT2D eigenvalue weighted by Crippen LogP contribution is 2.39. The summed E-state index contributed by atoms with van der Waals surface area (Å²) in [6.45, 7) is 4.76. The maximum absolute atomic E-state index is 14.7. The summed E-state index contributed by atoms with van der Waals surface area (Å²) in [6.07, 6.45) is 3.12. The number of halogens is 1. The van der Waals surface area contributed by atoms with Crippen molar-refractivity contribution in [3.05, 3.63) is 35.9 Å². The van der Waals surface area contributed by atoms with E-state index >= 15 is 0 Å². The van der Waals surface area contributed by atoms with Gasteiger partial charge >= 0.3 is 6.09 Å². The lowest BCUT2D eigenvalue weighted by Gasteiger charge is -2.26. The molecule has 12 nitrogen and oxygen atoms in total. The number of rotatable bonds is 6. The van der Waals surface area contributed by atoms with E-state index in [1.54, 1.807) is 33.8 Å². The molecule has 2 saturated carbocycles. The van der Waals surface area contributed by atoms with E-state index in [-0.39, 0.29) is 23.8 Å². The third-order valence-electron chi connectivity index (χ3n) is 7.37. The Morgan fingerprint density at radius 1 is 1.24 bits per heavy atom. The fourth-order valence-corrected chi connectivity index (χ4v) is 4.92. The summed E-state index contributed by atoms with van der Waals surface area (Å²) in [5, 5.41) is 16.5. The van der Waals surface area contributed by atoms with Crippen molar-refractivity contribution in [2.45, 2.75) is 56.3 Å². The van der Waals surface area contributed by atoms with E-state index in [1.165, 1.54) is 0 Å². The van der Waals surface area contributed by atoms with Crippen molar-refractivity contribution >= 4 is 29.4 Å². The zero-order valence-electron chi connectivity index (χ0n) is 20.5. The molecule has 0 aromatic carbocycles. The van der Waals surface area contributed by atoms with E-state index in [4.69, 9.17) is 4.74 Å². The zero-order chi connectivity index (χ0) is 25.6. The predicted molar refractivity (Wildman–Crippen MR) is 132 cm³/mol. The molecule has 3 aromatic heterocycles. The fraction of sp³-hybridized carbons (Fsp3) is 0.542. The first kappa shape index (κ1) is 23.6. The number of alkyl halides is 1. The monoisotopic (exact) mass is 511 g/mol. The normalized spacial score (nSPS) is 24.7. The highest BCUT2D eigenvalue weighted by Gasteiger charge is 2.42. The van der Waals surface area contributed by atoms with E-state index in [1.807, 2.05) is 6.92 Å². The molecule has 0 radical (unpaired) electrons. The minimum absolute atomic E-state index is 0.114. The fourth-order valence-electron chi connectivity index (χ4n) is 4.92. The van der Waals surface area contributed by atoms with Crippen LogP contribution in [0.4, 0.5) is 21.0 Å². The van der Waals surface area contributed by atoms with Crippen LogP contribution in [0.2, 0.25) is 0 Å². The number of carbonyl (C=O) groups excluding carboxylic acids is 2. The van der Waals surface area contributed by atoms with Crippen LogP contribution in [0, 0.1) is 0 Å². The maximum Gasteiger partial charge on any atom is 0.407 e. The van der Waals surface area contributed by atoms with Gasteiger partial charge in [0.05, 0.1) is 0 Å². The number of imidazole rings is 1. The quantitative estimate of drug-likeness (QED) is 0.394. The molecule has 0 bridgehead atoms. The summed E-state index contributed by atoms with van der Waals surface area (Å²) in [7, 11) is 0. The van der Waals surface area contributed by atoms with E-state index in [2.05, 4.69) is 36.1 Å². The molecule has 0 unspecified atom stereocenters. The number of nitrogens with one attached hydrogen (secondary N) is 4. The van der Waals surface area contributed by atoms with Crippen LogP contribution in [-0.2, 0) is 4.74 Å². The Morgan fingerprint density at radius 3 is 2.84 bits per heavy atom. The van der Waals surface area contributed by atoms with Gasteiger partial charge in [-0.3, -0.25) is 14.3 Å². The van der Waals surface area contributed by atoms with Gasteiger partial charge in [-0.1, -0.05) is 0 Å². The van der Waals surface area contributed by atoms with Gasteiger partial charge in [-0.25, -0.2) is 19.2 Å². The molecule has 0 spiro atoms. The predicted octanol–water partition coefficient (Wildman–Crippen LogP) is 2.10. The van der Waals surface area contributed by atoms with Crippen LogP contribution in [0.3, 0.4) is 0 Å². The van der Waals surface area contributed by atoms with Crippen molar-refractivity contribution in [1.29, 1.82) is 0 Å². The molecule has 3 fully saturated rings. The van der Waals surface area contributed by atoms with Gasteiger partial charge < -0.3 is 25.6 Å². The number of piperazine rings is 1. The minimum Gasteiger partial charge on any atom is -0.443 e. The van der Waals surface area contributed by atoms with Crippen LogP contribution >= 0.6 is 0 Å². The van der Waals surface area contributed by atoms with Gasteiger partial charge in [-0.15, -0.1) is 0 Å². The molecular weight excluding hydrogens is 481 g/mol. The van der Waals surface area contributed by atoms with Crippen molar-refractivity contribution in [1.82, 2.24) is 40.1 Å². The molecular formula is C24H30FN9O3. The molecule has 3 atom stereocenters. The van der Waals surface area contributed by atoms with Gasteiger partial charge in [0.2, 0.25) is 5.95 Å². The van der Waals surface area contributed by atoms with Gasteiger partial charge in [-0.2, -0.15) is 5.10 Å². The number of aromatic amines is 1. The summed E-state index contributed by atoms with van der Waals surface area (Å²) in [6, 6.07) is 3.53. The maximum atomic E-state index is 14.7. The molecule has 3 aromatic rings. The summed E-state index contributed by atoms with van der Waals surface area (Å²) in [5.41, 5.74) is 1.47. The SMILES string of the molecule is CC1(NC(=O)O[C@H]2C[C@@H](c3cc(Nc4nccc5nc(C(=O)N6CCNCC6)cn45)n[nH]3)C[C@H]2F)CC1. The number of carbonyl (C=O) groups is 2. The average Bonchev–Trinajstić information content (AvgIpc) is 3.26. The summed E-state index contributed by atoms with van der Waals surface area (Å²) < 4.78 is 21.7. The number of ether oxygens (including phenoxy) is 1. The zero-order valence-corrected chi connectivity index (χ0v) is 20.5. The number of aromatic nitrogens is 5. The van der Waals surface area contributed by atoms with Gasteiger partial charge in [0.25, 0.3) is 5.91 Å². The van der Waals surface area contributed by atoms with E-state index in [0.29, 0.717) is 42.6 Å². The lowest BCUT2D eigenvalue weighted by atomic mass is 10.0. The third kappa shape index (κ3) is 4.95. The number of alkyl carbamates (subject to hydrolysis) is 1. The van der Waals surface area contributed by atoms with Crippen LogP contribution in [0.5, 0.6) is 0 Å². The second-order valence-electron chi connectivity index (χ2n) is 10.3. The summed E-state index contributed by atoms with van der Waals surface area (Å²) in [4.78, 5) is 35.6. The Bertz CT molecular complexity index is 1310. The molecule has 2 aliphatic carbocycles. The Hall–Kier alpha value is -3.74. The molecule has 196 valence electrons. The van der Waals surface area contributed by atoms with Gasteiger partial charge in [-0.05, 0) is 38.7 Å². The topological polar surface area (TPSA) is 142 Å². The number of fused-ring (bicyclic) bond motifs is 1. The minimum atomic E-state index is -1.24. The van der Waals surface area contributed by atoms with Crippen molar-refractivity contribution in [3.63, 3.8) is 0 Å². The van der Waals surface area contributed by atoms with Crippen molar-refractivity contribution < 1.29 is 18.7 Å². The first-order valence-corrected chi connectivity index (χ1v) is 12.7. The summed E-state index contributed by atoms with van der Waals surface area (Å²) in [5.74, 6) is 0.672. The van der Waals surface area contributed by atoms with E-state index in [0.717, 1.165) is 31.6 Å². The molecule has 1 aliphatic heterocycles. The Kier molecular flexibility index (Phi) is 5.94. The van der Waals surface area contributed by atoms with Gasteiger partial charge in [0.1, 0.15) is 23.6 Å². The second-order valence-corrected chi connectivity index (χ2v) is 10.3. The van der Waals surface area contributed by atoms with Gasteiger partial charge in [0.15, 0.2) is 5.82 Å². The number of hydrogen-bond acceptors (Lipinski definition) is 8. The smallest absolute Gasteiger partial charge is 0.407 e. The molecule has 13 heteroatoms. The molecule has 37 heavy (non-hydrogen) atoms. The Balaban J connectivity index is 1.12. The van der Waals surface area contributed by atoms with Crippen molar-refractivity contribution in [3.8, 4) is 0 Å². The summed E-state index contributed by atoms with van der Waals surface area (Å²) >= 11 is 0.